The van der Waals surface area contributed by atoms with Gasteiger partial charge in [-0.2, -0.15) is 0 Å². The minimum atomic E-state index is -0.318. The lowest BCUT2D eigenvalue weighted by Gasteiger charge is -2.12. The summed E-state index contributed by atoms with van der Waals surface area (Å²) in [6.45, 7) is 1.80. The lowest BCUT2D eigenvalue weighted by atomic mass is 10.0. The summed E-state index contributed by atoms with van der Waals surface area (Å²) < 4.78 is 0. The Morgan fingerprint density at radius 2 is 2.21 bits per heavy atom. The molecule has 2 aromatic rings. The summed E-state index contributed by atoms with van der Waals surface area (Å²) in [7, 11) is 0. The van der Waals surface area contributed by atoms with Crippen LogP contribution in [0.25, 0.3) is 0 Å². The Hall–Kier alpha value is -2.07. The van der Waals surface area contributed by atoms with E-state index in [4.69, 9.17) is 11.6 Å². The summed E-state index contributed by atoms with van der Waals surface area (Å²) in [5, 5.41) is 12.3. The Labute approximate surface area is 116 Å². The zero-order valence-electron chi connectivity index (χ0n) is 10.3. The predicted molar refractivity (Wildman–Crippen MR) is 74.4 cm³/mol. The first-order chi connectivity index (χ1) is 9.08. The first-order valence-electron chi connectivity index (χ1n) is 5.77. The highest BCUT2D eigenvalue weighted by atomic mass is 35.5. The van der Waals surface area contributed by atoms with Crippen molar-refractivity contribution in [3.8, 4) is 5.75 Å². The van der Waals surface area contributed by atoms with Crippen molar-refractivity contribution < 1.29 is 9.90 Å². The molecule has 5 heteroatoms. The van der Waals surface area contributed by atoms with Gasteiger partial charge in [0.25, 0.3) is 0 Å². The van der Waals surface area contributed by atoms with Crippen molar-refractivity contribution in [2.24, 2.45) is 0 Å². The maximum atomic E-state index is 12.1. The van der Waals surface area contributed by atoms with Crippen LogP contribution in [-0.4, -0.2) is 16.0 Å². The average Bonchev–Trinajstić information content (AvgIpc) is 2.43. The molecule has 0 bridgehead atoms. The van der Waals surface area contributed by atoms with Gasteiger partial charge >= 0.3 is 0 Å². The molecule has 4 nitrogen and oxygen atoms in total. The van der Waals surface area contributed by atoms with Crippen LogP contribution in [0.5, 0.6) is 5.75 Å². The Bertz CT molecular complexity index is 587. The van der Waals surface area contributed by atoms with Gasteiger partial charge in [0.05, 0.1) is 10.9 Å². The number of phenolic OH excluding ortho intramolecular Hbond substituents is 1. The highest BCUT2D eigenvalue weighted by molar-refractivity contribution is 6.32. The molecule has 0 fully saturated rings. The van der Waals surface area contributed by atoms with Crippen LogP contribution >= 0.6 is 11.6 Å². The third-order valence-electron chi connectivity index (χ3n) is 2.79. The van der Waals surface area contributed by atoms with Gasteiger partial charge in [0.2, 0.25) is 5.91 Å². The number of hydrogen-bond donors (Lipinski definition) is 2. The van der Waals surface area contributed by atoms with E-state index in [0.717, 1.165) is 5.56 Å². The first kappa shape index (κ1) is 13.4. The smallest absolute Gasteiger partial charge is 0.231 e. The molecule has 1 aromatic carbocycles. The second-order valence-electron chi connectivity index (χ2n) is 4.16. The third-order valence-corrected chi connectivity index (χ3v) is 3.10. The van der Waals surface area contributed by atoms with Gasteiger partial charge in [-0.25, -0.2) is 0 Å². The number of halogens is 1. The van der Waals surface area contributed by atoms with E-state index in [1.165, 1.54) is 12.1 Å². The molecule has 0 unspecified atom stereocenters. The molecule has 1 heterocycles. The number of amides is 1. The van der Waals surface area contributed by atoms with E-state index in [0.29, 0.717) is 5.69 Å². The number of rotatable bonds is 3. The van der Waals surface area contributed by atoms with Crippen LogP contribution in [0.2, 0.25) is 5.02 Å². The van der Waals surface area contributed by atoms with E-state index in [-0.39, 0.29) is 22.6 Å². The Kier molecular flexibility index (Phi) is 4.02. The van der Waals surface area contributed by atoms with E-state index in [1.54, 1.807) is 31.5 Å². The van der Waals surface area contributed by atoms with Crippen molar-refractivity contribution in [3.05, 3.63) is 53.3 Å². The molecule has 0 aliphatic rings. The van der Waals surface area contributed by atoms with Crippen LogP contribution in [0.3, 0.4) is 0 Å². The fraction of sp³-hybridized carbons (Fsp3) is 0.143. The fourth-order valence-electron chi connectivity index (χ4n) is 1.62. The van der Waals surface area contributed by atoms with Crippen molar-refractivity contribution in [2.75, 3.05) is 5.32 Å². The van der Waals surface area contributed by atoms with Gasteiger partial charge in [0.15, 0.2) is 0 Å². The summed E-state index contributed by atoms with van der Waals surface area (Å²) in [5.41, 5.74) is 1.38. The number of benzene rings is 1. The standard InChI is InChI=1S/C14H13ClN2O2/c1-9(10-3-2-6-16-8-10)14(19)17-11-4-5-13(18)12(15)7-11/h2-9,18H,1H3,(H,17,19)/t9-/m0/s1. The number of hydrogen-bond acceptors (Lipinski definition) is 3. The van der Waals surface area contributed by atoms with Gasteiger partial charge in [-0.3, -0.25) is 9.78 Å². The topological polar surface area (TPSA) is 62.2 Å². The molecule has 19 heavy (non-hydrogen) atoms. The number of pyridine rings is 1. The van der Waals surface area contributed by atoms with E-state index >= 15 is 0 Å². The highest BCUT2D eigenvalue weighted by Gasteiger charge is 2.15. The molecular weight excluding hydrogens is 264 g/mol. The molecule has 0 aliphatic carbocycles. The summed E-state index contributed by atoms with van der Waals surface area (Å²) >= 11 is 5.78. The zero-order chi connectivity index (χ0) is 13.8. The summed E-state index contributed by atoms with van der Waals surface area (Å²) in [6.07, 6.45) is 3.32. The van der Waals surface area contributed by atoms with Gasteiger partial charge in [0.1, 0.15) is 5.75 Å². The molecule has 1 amide bonds. The van der Waals surface area contributed by atoms with Crippen LogP contribution in [0, 0.1) is 0 Å². The minimum absolute atomic E-state index is 0.0139. The second kappa shape index (κ2) is 5.71. The Balaban J connectivity index is 2.10. The quantitative estimate of drug-likeness (QED) is 0.847. The number of carbonyl (C=O) groups is 1. The van der Waals surface area contributed by atoms with Gasteiger partial charge in [-0.05, 0) is 36.8 Å². The molecule has 0 radical (unpaired) electrons. The van der Waals surface area contributed by atoms with Crippen molar-refractivity contribution in [2.45, 2.75) is 12.8 Å². The zero-order valence-corrected chi connectivity index (χ0v) is 11.1. The number of aromatic hydroxyl groups is 1. The molecule has 98 valence electrons. The molecule has 0 saturated heterocycles. The number of nitrogens with one attached hydrogen (secondary N) is 1. The minimum Gasteiger partial charge on any atom is -0.506 e. The lowest BCUT2D eigenvalue weighted by molar-refractivity contribution is -0.117. The van der Waals surface area contributed by atoms with E-state index in [9.17, 15) is 9.90 Å². The van der Waals surface area contributed by atoms with E-state index < -0.39 is 0 Å². The molecule has 2 N–H and O–H groups in total. The largest absolute Gasteiger partial charge is 0.506 e. The average molecular weight is 277 g/mol. The van der Waals surface area contributed by atoms with Crippen LogP contribution in [0.4, 0.5) is 5.69 Å². The summed E-state index contributed by atoms with van der Waals surface area (Å²) in [6, 6.07) is 8.17. The molecule has 2 rings (SSSR count). The van der Waals surface area contributed by atoms with Crippen molar-refractivity contribution >= 4 is 23.2 Å². The van der Waals surface area contributed by atoms with Crippen molar-refractivity contribution in [1.29, 1.82) is 0 Å². The lowest BCUT2D eigenvalue weighted by Crippen LogP contribution is -2.18. The maximum absolute atomic E-state index is 12.1. The molecular formula is C14H13ClN2O2. The number of nitrogens with zero attached hydrogens (tertiary/aromatic N) is 1. The number of anilines is 1. The van der Waals surface area contributed by atoms with Crippen LogP contribution in [0.15, 0.2) is 42.7 Å². The van der Waals surface area contributed by atoms with Gasteiger partial charge in [-0.15, -0.1) is 0 Å². The van der Waals surface area contributed by atoms with Gasteiger partial charge in [0, 0.05) is 18.1 Å². The van der Waals surface area contributed by atoms with Crippen molar-refractivity contribution in [3.63, 3.8) is 0 Å². The Morgan fingerprint density at radius 3 is 2.84 bits per heavy atom. The number of carbonyl (C=O) groups excluding carboxylic acids is 1. The van der Waals surface area contributed by atoms with Crippen molar-refractivity contribution in [1.82, 2.24) is 4.98 Å². The first-order valence-corrected chi connectivity index (χ1v) is 6.15. The molecule has 1 atom stereocenters. The van der Waals surface area contributed by atoms with Crippen LogP contribution in [-0.2, 0) is 4.79 Å². The monoisotopic (exact) mass is 276 g/mol. The fourth-order valence-corrected chi connectivity index (χ4v) is 1.80. The third kappa shape index (κ3) is 3.23. The summed E-state index contributed by atoms with van der Waals surface area (Å²) in [5.74, 6) is -0.490. The molecule has 0 spiro atoms. The Morgan fingerprint density at radius 1 is 1.42 bits per heavy atom. The molecule has 1 aromatic heterocycles. The number of aromatic nitrogens is 1. The van der Waals surface area contributed by atoms with E-state index in [2.05, 4.69) is 10.3 Å². The summed E-state index contributed by atoms with van der Waals surface area (Å²) in [4.78, 5) is 16.1. The second-order valence-corrected chi connectivity index (χ2v) is 4.57. The normalized spacial score (nSPS) is 11.9. The van der Waals surface area contributed by atoms with E-state index in [1.807, 2.05) is 6.07 Å². The number of phenols is 1. The van der Waals surface area contributed by atoms with Gasteiger partial charge in [-0.1, -0.05) is 17.7 Å². The maximum Gasteiger partial charge on any atom is 0.231 e. The van der Waals surface area contributed by atoms with Crippen LogP contribution < -0.4 is 5.32 Å². The highest BCUT2D eigenvalue weighted by Crippen LogP contribution is 2.26. The SMILES string of the molecule is C[C@H](C(=O)Nc1ccc(O)c(Cl)c1)c1cccnc1. The molecule has 0 saturated carbocycles. The molecule has 0 aliphatic heterocycles. The predicted octanol–water partition coefficient (Wildman–Crippen LogP) is 3.18. The van der Waals surface area contributed by atoms with Gasteiger partial charge < -0.3 is 10.4 Å². The van der Waals surface area contributed by atoms with Crippen LogP contribution in [0.1, 0.15) is 18.4 Å².